The third kappa shape index (κ3) is 5.31. The van der Waals surface area contributed by atoms with Gasteiger partial charge in [0, 0.05) is 24.0 Å². The molecular weight excluding hydrogens is 396 g/mol. The number of hydrogen-bond donors (Lipinski definition) is 2. The van der Waals surface area contributed by atoms with Gasteiger partial charge in [-0.05, 0) is 29.2 Å². The van der Waals surface area contributed by atoms with E-state index in [-0.39, 0.29) is 12.5 Å². The minimum atomic E-state index is -0.133. The Balaban J connectivity index is 1.54. The summed E-state index contributed by atoms with van der Waals surface area (Å²) in [5.74, 6) is 0.834. The molecule has 2 N–H and O–H groups in total. The highest BCUT2D eigenvalue weighted by molar-refractivity contribution is 5.91. The molecule has 0 unspecified atom stereocenters. The van der Waals surface area contributed by atoms with Gasteiger partial charge < -0.3 is 5.32 Å². The maximum absolute atomic E-state index is 12.6. The molecule has 0 atom stereocenters. The van der Waals surface area contributed by atoms with Crippen LogP contribution in [0, 0.1) is 0 Å². The summed E-state index contributed by atoms with van der Waals surface area (Å²) in [6, 6.07) is 28.4. The standard InChI is InChI=1S/C27H28N4O/c1-20(2)22-13-15-24(16-14-22)31-19-25(23-11-7-4-8-12-23)29-27(31)30-26(32)18-28-17-21-9-5-3-6-10-21/h3-16,19-20,28H,17-18H2,1-2H3,(H,29,30,32). The molecule has 0 bridgehead atoms. The smallest absolute Gasteiger partial charge is 0.240 e. The molecule has 162 valence electrons. The van der Waals surface area contributed by atoms with E-state index in [1.165, 1.54) is 5.56 Å². The Hall–Kier alpha value is -3.70. The number of benzene rings is 3. The number of nitrogens with zero attached hydrogens (tertiary/aromatic N) is 2. The second kappa shape index (κ2) is 10.1. The Labute approximate surface area is 189 Å². The van der Waals surface area contributed by atoms with Gasteiger partial charge in [-0.2, -0.15) is 0 Å². The van der Waals surface area contributed by atoms with Crippen LogP contribution in [0.25, 0.3) is 16.9 Å². The molecule has 4 rings (SSSR count). The number of carbonyl (C=O) groups excluding carboxylic acids is 1. The van der Waals surface area contributed by atoms with Gasteiger partial charge in [0.2, 0.25) is 11.9 Å². The van der Waals surface area contributed by atoms with Gasteiger partial charge in [-0.3, -0.25) is 14.7 Å². The van der Waals surface area contributed by atoms with E-state index in [0.29, 0.717) is 18.4 Å². The summed E-state index contributed by atoms with van der Waals surface area (Å²) in [5, 5.41) is 6.16. The maximum atomic E-state index is 12.6. The SMILES string of the molecule is CC(C)c1ccc(-n2cc(-c3ccccc3)nc2NC(=O)CNCc2ccccc2)cc1. The molecule has 1 amide bonds. The Bertz CT molecular complexity index is 1150. The van der Waals surface area contributed by atoms with E-state index < -0.39 is 0 Å². The highest BCUT2D eigenvalue weighted by Gasteiger charge is 2.14. The zero-order valence-electron chi connectivity index (χ0n) is 18.5. The van der Waals surface area contributed by atoms with Gasteiger partial charge >= 0.3 is 0 Å². The van der Waals surface area contributed by atoms with Gasteiger partial charge in [-0.15, -0.1) is 0 Å². The average molecular weight is 425 g/mol. The van der Waals surface area contributed by atoms with Crippen molar-refractivity contribution in [3.05, 3.63) is 102 Å². The molecule has 1 aromatic heterocycles. The number of amides is 1. The van der Waals surface area contributed by atoms with E-state index >= 15 is 0 Å². The van der Waals surface area contributed by atoms with Crippen LogP contribution >= 0.6 is 0 Å². The zero-order valence-corrected chi connectivity index (χ0v) is 18.5. The second-order valence-corrected chi connectivity index (χ2v) is 8.07. The zero-order chi connectivity index (χ0) is 22.3. The predicted octanol–water partition coefficient (Wildman–Crippen LogP) is 5.39. The predicted molar refractivity (Wildman–Crippen MR) is 130 cm³/mol. The van der Waals surface area contributed by atoms with Crippen LogP contribution < -0.4 is 10.6 Å². The number of anilines is 1. The lowest BCUT2D eigenvalue weighted by Crippen LogP contribution is -2.28. The van der Waals surface area contributed by atoms with Gasteiger partial charge in [-0.25, -0.2) is 4.98 Å². The molecule has 0 saturated carbocycles. The number of imidazole rings is 1. The van der Waals surface area contributed by atoms with Gasteiger partial charge in [0.25, 0.3) is 0 Å². The first kappa shape index (κ1) is 21.5. The summed E-state index contributed by atoms with van der Waals surface area (Å²) in [6.07, 6.45) is 1.97. The molecule has 0 spiro atoms. The van der Waals surface area contributed by atoms with Crippen LogP contribution in [-0.4, -0.2) is 22.0 Å². The Morgan fingerprint density at radius 3 is 2.22 bits per heavy atom. The summed E-state index contributed by atoms with van der Waals surface area (Å²) >= 11 is 0. The molecule has 0 aliphatic heterocycles. The van der Waals surface area contributed by atoms with E-state index in [1.807, 2.05) is 71.4 Å². The van der Waals surface area contributed by atoms with Crippen LogP contribution in [-0.2, 0) is 11.3 Å². The van der Waals surface area contributed by atoms with E-state index in [2.05, 4.69) is 48.7 Å². The fourth-order valence-electron chi connectivity index (χ4n) is 3.52. The summed E-state index contributed by atoms with van der Waals surface area (Å²) < 4.78 is 1.93. The molecule has 0 saturated heterocycles. The van der Waals surface area contributed by atoms with Crippen molar-refractivity contribution in [3.63, 3.8) is 0 Å². The quantitative estimate of drug-likeness (QED) is 0.399. The Morgan fingerprint density at radius 1 is 0.906 bits per heavy atom. The summed E-state index contributed by atoms with van der Waals surface area (Å²) in [7, 11) is 0. The molecule has 0 aliphatic carbocycles. The normalized spacial score (nSPS) is 11.0. The maximum Gasteiger partial charge on any atom is 0.240 e. The number of hydrogen-bond acceptors (Lipinski definition) is 3. The van der Waals surface area contributed by atoms with Crippen molar-refractivity contribution in [2.45, 2.75) is 26.3 Å². The van der Waals surface area contributed by atoms with Crippen LogP contribution in [0.4, 0.5) is 5.95 Å². The minimum absolute atomic E-state index is 0.133. The second-order valence-electron chi connectivity index (χ2n) is 8.07. The number of aromatic nitrogens is 2. The van der Waals surface area contributed by atoms with Crippen molar-refractivity contribution in [2.24, 2.45) is 0 Å². The summed E-state index contributed by atoms with van der Waals surface area (Å²) in [5.41, 5.74) is 5.18. The largest absolute Gasteiger partial charge is 0.304 e. The molecule has 0 aliphatic rings. The summed E-state index contributed by atoms with van der Waals surface area (Å²) in [6.45, 7) is 5.19. The molecule has 0 fully saturated rings. The van der Waals surface area contributed by atoms with Crippen LogP contribution in [0.3, 0.4) is 0 Å². The molecule has 5 heteroatoms. The fraction of sp³-hybridized carbons (Fsp3) is 0.185. The van der Waals surface area contributed by atoms with Crippen molar-refractivity contribution in [2.75, 3.05) is 11.9 Å². The first-order chi connectivity index (χ1) is 15.6. The fourth-order valence-corrected chi connectivity index (χ4v) is 3.52. The number of carbonyl (C=O) groups is 1. The molecule has 1 heterocycles. The van der Waals surface area contributed by atoms with Crippen LogP contribution in [0.2, 0.25) is 0 Å². The third-order valence-electron chi connectivity index (χ3n) is 5.32. The van der Waals surface area contributed by atoms with Crippen molar-refractivity contribution in [1.82, 2.24) is 14.9 Å². The lowest BCUT2D eigenvalue weighted by molar-refractivity contribution is -0.115. The van der Waals surface area contributed by atoms with Crippen LogP contribution in [0.1, 0.15) is 30.9 Å². The van der Waals surface area contributed by atoms with Gasteiger partial charge in [0.05, 0.1) is 12.2 Å². The van der Waals surface area contributed by atoms with E-state index in [4.69, 9.17) is 4.98 Å². The highest BCUT2D eigenvalue weighted by atomic mass is 16.2. The van der Waals surface area contributed by atoms with Crippen molar-refractivity contribution in [3.8, 4) is 16.9 Å². The minimum Gasteiger partial charge on any atom is -0.304 e. The van der Waals surface area contributed by atoms with Gasteiger partial charge in [-0.1, -0.05) is 86.6 Å². The Morgan fingerprint density at radius 2 is 1.56 bits per heavy atom. The topological polar surface area (TPSA) is 59.0 Å². The van der Waals surface area contributed by atoms with Crippen LogP contribution in [0.5, 0.6) is 0 Å². The molecule has 3 aromatic carbocycles. The number of rotatable bonds is 8. The monoisotopic (exact) mass is 424 g/mol. The van der Waals surface area contributed by atoms with Crippen molar-refractivity contribution < 1.29 is 4.79 Å². The van der Waals surface area contributed by atoms with Crippen LogP contribution in [0.15, 0.2) is 91.1 Å². The summed E-state index contributed by atoms with van der Waals surface area (Å²) in [4.78, 5) is 17.4. The first-order valence-electron chi connectivity index (χ1n) is 10.9. The molecule has 5 nitrogen and oxygen atoms in total. The first-order valence-corrected chi connectivity index (χ1v) is 10.9. The molecular formula is C27H28N4O. The van der Waals surface area contributed by atoms with Crippen molar-refractivity contribution in [1.29, 1.82) is 0 Å². The third-order valence-corrected chi connectivity index (χ3v) is 5.32. The lowest BCUT2D eigenvalue weighted by Gasteiger charge is -2.11. The molecule has 0 radical (unpaired) electrons. The molecule has 32 heavy (non-hydrogen) atoms. The van der Waals surface area contributed by atoms with Crippen molar-refractivity contribution >= 4 is 11.9 Å². The highest BCUT2D eigenvalue weighted by Crippen LogP contribution is 2.25. The van der Waals surface area contributed by atoms with Gasteiger partial charge in [0.1, 0.15) is 0 Å². The van der Waals surface area contributed by atoms with E-state index in [9.17, 15) is 4.79 Å². The average Bonchev–Trinajstić information content (AvgIpc) is 3.24. The van der Waals surface area contributed by atoms with E-state index in [0.717, 1.165) is 22.5 Å². The Kier molecular flexibility index (Phi) is 6.78. The van der Waals surface area contributed by atoms with Gasteiger partial charge in [0.15, 0.2) is 0 Å². The number of nitrogens with one attached hydrogen (secondary N) is 2. The molecule has 4 aromatic rings. The lowest BCUT2D eigenvalue weighted by atomic mass is 10.0. The van der Waals surface area contributed by atoms with E-state index in [1.54, 1.807) is 0 Å².